The van der Waals surface area contributed by atoms with Gasteiger partial charge in [-0.25, -0.2) is 0 Å². The topological polar surface area (TPSA) is 29.9 Å². The Morgan fingerprint density at radius 2 is 2.35 bits per heavy atom. The molecule has 0 aromatic carbocycles. The minimum Gasteiger partial charge on any atom is -0.314 e. The van der Waals surface area contributed by atoms with Crippen molar-refractivity contribution in [2.45, 2.75) is 58.5 Å². The van der Waals surface area contributed by atoms with Crippen molar-refractivity contribution in [3.05, 3.63) is 18.0 Å². The van der Waals surface area contributed by atoms with Gasteiger partial charge in [-0.05, 0) is 58.1 Å². The Hall–Kier alpha value is -0.830. The molecule has 3 nitrogen and oxygen atoms in total. The lowest BCUT2D eigenvalue weighted by atomic mass is 9.92. The zero-order chi connectivity index (χ0) is 12.3. The summed E-state index contributed by atoms with van der Waals surface area (Å²) in [5.74, 6) is 0.770. The summed E-state index contributed by atoms with van der Waals surface area (Å²) in [6, 6.07) is 3.40. The first-order chi connectivity index (χ1) is 8.19. The molecule has 0 saturated carbocycles. The number of rotatable bonds is 4. The minimum absolute atomic E-state index is 0.522. The van der Waals surface area contributed by atoms with E-state index in [0.717, 1.165) is 25.3 Å². The van der Waals surface area contributed by atoms with E-state index >= 15 is 0 Å². The predicted molar refractivity (Wildman–Crippen MR) is 71.1 cm³/mol. The van der Waals surface area contributed by atoms with E-state index in [9.17, 15) is 0 Å². The lowest BCUT2D eigenvalue weighted by Crippen LogP contribution is -2.37. The Morgan fingerprint density at radius 3 is 3.00 bits per heavy atom. The van der Waals surface area contributed by atoms with E-state index in [1.54, 1.807) is 0 Å². The van der Waals surface area contributed by atoms with Crippen LogP contribution >= 0.6 is 0 Å². The molecule has 17 heavy (non-hydrogen) atoms. The van der Waals surface area contributed by atoms with Gasteiger partial charge in [0.25, 0.3) is 0 Å². The summed E-state index contributed by atoms with van der Waals surface area (Å²) in [5, 5.41) is 8.24. The third-order valence-electron chi connectivity index (χ3n) is 3.97. The van der Waals surface area contributed by atoms with Crippen LogP contribution in [0.2, 0.25) is 0 Å². The first-order valence-corrected chi connectivity index (χ1v) is 6.96. The van der Waals surface area contributed by atoms with E-state index in [1.165, 1.54) is 18.5 Å². The highest BCUT2D eigenvalue weighted by molar-refractivity contribution is 5.01. The first-order valence-electron chi connectivity index (χ1n) is 6.96. The van der Waals surface area contributed by atoms with Crippen LogP contribution in [0.5, 0.6) is 0 Å². The van der Waals surface area contributed by atoms with Crippen LogP contribution in [0.4, 0.5) is 0 Å². The molecule has 96 valence electrons. The molecule has 3 atom stereocenters. The molecule has 0 spiro atoms. The fraction of sp³-hybridized carbons (Fsp3) is 0.786. The lowest BCUT2D eigenvalue weighted by molar-refractivity contribution is 0.319. The van der Waals surface area contributed by atoms with Crippen molar-refractivity contribution in [3.63, 3.8) is 0 Å². The maximum atomic E-state index is 4.68. The van der Waals surface area contributed by atoms with E-state index in [0.29, 0.717) is 12.1 Å². The van der Waals surface area contributed by atoms with Crippen molar-refractivity contribution in [3.8, 4) is 0 Å². The van der Waals surface area contributed by atoms with E-state index < -0.39 is 0 Å². The van der Waals surface area contributed by atoms with Gasteiger partial charge in [0, 0.05) is 18.3 Å². The Balaban J connectivity index is 1.88. The normalized spacial score (nSPS) is 27.0. The van der Waals surface area contributed by atoms with Crippen LogP contribution in [0.1, 0.15) is 51.8 Å². The standard InChI is InChI=1S/C14H25N3/c1-4-12(3)17-8-7-14(16-17)9-13-6-5-11(2)15-10-13/h7-8,11-13,15H,4-6,9-10H2,1-3H3. The van der Waals surface area contributed by atoms with Gasteiger partial charge in [-0.15, -0.1) is 0 Å². The molecule has 0 aliphatic carbocycles. The monoisotopic (exact) mass is 235 g/mol. The fourth-order valence-corrected chi connectivity index (χ4v) is 2.45. The number of aromatic nitrogens is 2. The van der Waals surface area contributed by atoms with Gasteiger partial charge in [0.2, 0.25) is 0 Å². The average molecular weight is 235 g/mol. The highest BCUT2D eigenvalue weighted by Gasteiger charge is 2.18. The molecular formula is C14H25N3. The van der Waals surface area contributed by atoms with Crippen LogP contribution in [-0.2, 0) is 6.42 Å². The summed E-state index contributed by atoms with van der Waals surface area (Å²) in [4.78, 5) is 0. The smallest absolute Gasteiger partial charge is 0.0627 e. The second-order valence-corrected chi connectivity index (χ2v) is 5.50. The molecule has 1 fully saturated rings. The van der Waals surface area contributed by atoms with E-state index in [4.69, 9.17) is 0 Å². The van der Waals surface area contributed by atoms with Crippen LogP contribution in [0, 0.1) is 5.92 Å². The molecule has 1 aliphatic heterocycles. The summed E-state index contributed by atoms with van der Waals surface area (Å²) >= 11 is 0. The zero-order valence-electron chi connectivity index (χ0n) is 11.3. The zero-order valence-corrected chi connectivity index (χ0v) is 11.3. The van der Waals surface area contributed by atoms with Crippen LogP contribution in [0.15, 0.2) is 12.3 Å². The molecule has 0 radical (unpaired) electrons. The molecule has 1 saturated heterocycles. The molecule has 1 aromatic rings. The van der Waals surface area contributed by atoms with Gasteiger partial charge >= 0.3 is 0 Å². The summed E-state index contributed by atoms with van der Waals surface area (Å²) in [6.07, 6.45) is 7.04. The molecule has 3 unspecified atom stereocenters. The first kappa shape index (κ1) is 12.6. The molecule has 0 bridgehead atoms. The molecule has 0 amide bonds. The summed E-state index contributed by atoms with van der Waals surface area (Å²) in [6.45, 7) is 7.85. The fourth-order valence-electron chi connectivity index (χ4n) is 2.45. The minimum atomic E-state index is 0.522. The maximum Gasteiger partial charge on any atom is 0.0627 e. The van der Waals surface area contributed by atoms with Crippen molar-refractivity contribution in [1.82, 2.24) is 15.1 Å². The van der Waals surface area contributed by atoms with Gasteiger partial charge in [-0.1, -0.05) is 6.92 Å². The van der Waals surface area contributed by atoms with Crippen LogP contribution in [0.25, 0.3) is 0 Å². The quantitative estimate of drug-likeness (QED) is 0.869. The predicted octanol–water partition coefficient (Wildman–Crippen LogP) is 2.78. The number of piperidine rings is 1. The Kier molecular flexibility index (Phi) is 4.21. The lowest BCUT2D eigenvalue weighted by Gasteiger charge is -2.27. The maximum absolute atomic E-state index is 4.68. The second-order valence-electron chi connectivity index (χ2n) is 5.50. The number of hydrogen-bond donors (Lipinski definition) is 1. The van der Waals surface area contributed by atoms with Crippen LogP contribution < -0.4 is 5.32 Å². The van der Waals surface area contributed by atoms with Gasteiger partial charge in [0.15, 0.2) is 0 Å². The van der Waals surface area contributed by atoms with E-state index in [-0.39, 0.29) is 0 Å². The van der Waals surface area contributed by atoms with Crippen LogP contribution in [-0.4, -0.2) is 22.4 Å². The molecule has 1 aromatic heterocycles. The van der Waals surface area contributed by atoms with Crippen molar-refractivity contribution in [1.29, 1.82) is 0 Å². The summed E-state index contributed by atoms with van der Waals surface area (Å²) in [5.41, 5.74) is 1.26. The van der Waals surface area contributed by atoms with Gasteiger partial charge in [-0.3, -0.25) is 4.68 Å². The number of nitrogens with zero attached hydrogens (tertiary/aromatic N) is 2. The molecule has 1 N–H and O–H groups in total. The Morgan fingerprint density at radius 1 is 1.53 bits per heavy atom. The highest BCUT2D eigenvalue weighted by atomic mass is 15.3. The number of hydrogen-bond acceptors (Lipinski definition) is 2. The van der Waals surface area contributed by atoms with E-state index in [2.05, 4.69) is 48.1 Å². The van der Waals surface area contributed by atoms with Crippen molar-refractivity contribution < 1.29 is 0 Å². The Labute approximate surface area is 105 Å². The number of nitrogens with one attached hydrogen (secondary N) is 1. The molecular weight excluding hydrogens is 210 g/mol. The largest absolute Gasteiger partial charge is 0.314 e. The molecule has 3 heteroatoms. The van der Waals surface area contributed by atoms with Crippen molar-refractivity contribution in [2.24, 2.45) is 5.92 Å². The molecule has 2 rings (SSSR count). The van der Waals surface area contributed by atoms with Gasteiger partial charge in [-0.2, -0.15) is 5.10 Å². The second kappa shape index (κ2) is 5.67. The summed E-state index contributed by atoms with van der Waals surface area (Å²) < 4.78 is 2.11. The third-order valence-corrected chi connectivity index (χ3v) is 3.97. The molecule has 2 heterocycles. The van der Waals surface area contributed by atoms with Crippen molar-refractivity contribution >= 4 is 0 Å². The van der Waals surface area contributed by atoms with Gasteiger partial charge in [0.05, 0.1) is 5.69 Å². The highest BCUT2D eigenvalue weighted by Crippen LogP contribution is 2.19. The van der Waals surface area contributed by atoms with Crippen LogP contribution in [0.3, 0.4) is 0 Å². The van der Waals surface area contributed by atoms with E-state index in [1.807, 2.05) is 0 Å². The summed E-state index contributed by atoms with van der Waals surface area (Å²) in [7, 11) is 0. The molecule has 1 aliphatic rings. The van der Waals surface area contributed by atoms with Gasteiger partial charge < -0.3 is 5.32 Å². The SMILES string of the molecule is CCC(C)n1ccc(CC2CCC(C)NC2)n1. The van der Waals surface area contributed by atoms with Gasteiger partial charge in [0.1, 0.15) is 0 Å². The average Bonchev–Trinajstić information content (AvgIpc) is 2.80. The van der Waals surface area contributed by atoms with Crippen molar-refractivity contribution in [2.75, 3.05) is 6.54 Å². The third kappa shape index (κ3) is 3.32. The Bertz CT molecular complexity index is 337.